The van der Waals surface area contributed by atoms with Crippen molar-refractivity contribution in [1.29, 1.82) is 0 Å². The molecule has 0 radical (unpaired) electrons. The van der Waals surface area contributed by atoms with Gasteiger partial charge >= 0.3 is 0 Å². The zero-order valence-electron chi connectivity index (χ0n) is 21.2. The van der Waals surface area contributed by atoms with Crippen LogP contribution in [0.1, 0.15) is 27.7 Å². The van der Waals surface area contributed by atoms with Gasteiger partial charge in [0.05, 0.1) is 11.1 Å². The average Bonchev–Trinajstić information content (AvgIpc) is 2.96. The topological polar surface area (TPSA) is 113 Å². The first-order chi connectivity index (χ1) is 18.7. The molecule has 0 aliphatic carbocycles. The van der Waals surface area contributed by atoms with Crippen molar-refractivity contribution in [2.45, 2.75) is 17.5 Å². The summed E-state index contributed by atoms with van der Waals surface area (Å²) in [6.07, 6.45) is 4.02. The van der Waals surface area contributed by atoms with Crippen LogP contribution in [0.5, 0.6) is 0 Å². The van der Waals surface area contributed by atoms with Crippen molar-refractivity contribution >= 4 is 27.5 Å². The molecule has 1 atom stereocenters. The molecule has 200 valence electrons. The summed E-state index contributed by atoms with van der Waals surface area (Å²) in [6.45, 7) is 0.185. The first-order valence-electron chi connectivity index (χ1n) is 11.9. The van der Waals surface area contributed by atoms with Crippen LogP contribution >= 0.6 is 0 Å². The van der Waals surface area contributed by atoms with Gasteiger partial charge in [0.2, 0.25) is 15.9 Å². The molecule has 0 fully saturated rings. The molecule has 0 bridgehead atoms. The van der Waals surface area contributed by atoms with Gasteiger partial charge in [-0.25, -0.2) is 22.1 Å². The van der Waals surface area contributed by atoms with Gasteiger partial charge in [-0.1, -0.05) is 42.5 Å². The first-order valence-corrected chi connectivity index (χ1v) is 13.3. The van der Waals surface area contributed by atoms with E-state index in [1.807, 2.05) is 30.3 Å². The summed E-state index contributed by atoms with van der Waals surface area (Å²) < 4.78 is 40.1. The molecule has 1 heterocycles. The number of halogens is 1. The fraction of sp³-hybridized carbons (Fsp3) is 0.143. The van der Waals surface area contributed by atoms with Crippen LogP contribution in [0.15, 0.2) is 102 Å². The van der Waals surface area contributed by atoms with Crippen LogP contribution in [0.25, 0.3) is 0 Å². The molecule has 4 aromatic rings. The van der Waals surface area contributed by atoms with Gasteiger partial charge in [-0.2, -0.15) is 0 Å². The molecule has 39 heavy (non-hydrogen) atoms. The molecule has 0 aliphatic rings. The molecular weight excluding hydrogens is 521 g/mol. The van der Waals surface area contributed by atoms with Crippen LogP contribution in [0.2, 0.25) is 0 Å². The Hall–Kier alpha value is -4.48. The number of hydrogen-bond acceptors (Lipinski definition) is 6. The van der Waals surface area contributed by atoms with Crippen molar-refractivity contribution in [1.82, 2.24) is 19.6 Å². The highest BCUT2D eigenvalue weighted by Gasteiger charge is 2.34. The third-order valence-corrected chi connectivity index (χ3v) is 7.73. The number of amides is 2. The predicted molar refractivity (Wildman–Crippen MR) is 144 cm³/mol. The molecule has 0 aliphatic heterocycles. The summed E-state index contributed by atoms with van der Waals surface area (Å²) in [5.41, 5.74) is 1.37. The van der Waals surface area contributed by atoms with E-state index in [-0.39, 0.29) is 22.8 Å². The van der Waals surface area contributed by atoms with Gasteiger partial charge in [-0.05, 0) is 47.5 Å². The van der Waals surface area contributed by atoms with Crippen LogP contribution in [-0.4, -0.2) is 48.6 Å². The van der Waals surface area contributed by atoms with Crippen molar-refractivity contribution in [3.05, 3.63) is 120 Å². The van der Waals surface area contributed by atoms with E-state index in [2.05, 4.69) is 15.3 Å². The lowest BCUT2D eigenvalue weighted by Gasteiger charge is -2.31. The minimum atomic E-state index is -3.74. The van der Waals surface area contributed by atoms with Crippen LogP contribution in [0, 0.1) is 5.82 Å². The third-order valence-electron chi connectivity index (χ3n) is 5.90. The Morgan fingerprint density at radius 3 is 2.18 bits per heavy atom. The molecule has 0 saturated carbocycles. The SMILES string of the molecule is CN(C)S(=O)(=O)c1ccc(N(C(=O)c2cnccn2)C(C(=O)NCc2ccccc2)c2ccc(F)cc2)cc1. The summed E-state index contributed by atoms with van der Waals surface area (Å²) in [7, 11) is -0.915. The summed E-state index contributed by atoms with van der Waals surface area (Å²) in [5.74, 6) is -1.70. The maximum absolute atomic E-state index is 13.8. The largest absolute Gasteiger partial charge is 0.350 e. The predicted octanol–water partition coefficient (Wildman–Crippen LogP) is 3.57. The molecule has 3 aromatic carbocycles. The second-order valence-corrected chi connectivity index (χ2v) is 10.9. The van der Waals surface area contributed by atoms with Gasteiger partial charge in [0.1, 0.15) is 17.6 Å². The van der Waals surface area contributed by atoms with Crippen LogP contribution in [0.3, 0.4) is 0 Å². The quantitative estimate of drug-likeness (QED) is 0.343. The molecule has 0 spiro atoms. The maximum atomic E-state index is 13.8. The highest BCUT2D eigenvalue weighted by Crippen LogP contribution is 2.31. The molecule has 1 aromatic heterocycles. The molecule has 1 unspecified atom stereocenters. The van der Waals surface area contributed by atoms with Gasteiger partial charge in [0.15, 0.2) is 0 Å². The van der Waals surface area contributed by atoms with Crippen molar-refractivity contribution < 1.29 is 22.4 Å². The Kier molecular flexibility index (Phi) is 8.43. The number of sulfonamides is 1. The van der Waals surface area contributed by atoms with E-state index in [1.54, 1.807) is 0 Å². The molecule has 2 amide bonds. The molecule has 0 saturated heterocycles. The summed E-state index contributed by atoms with van der Waals surface area (Å²) in [6, 6.07) is 18.8. The smallest absolute Gasteiger partial charge is 0.279 e. The lowest BCUT2D eigenvalue weighted by Crippen LogP contribution is -2.44. The van der Waals surface area contributed by atoms with E-state index < -0.39 is 33.7 Å². The van der Waals surface area contributed by atoms with Gasteiger partial charge in [0, 0.05) is 38.7 Å². The van der Waals surface area contributed by atoms with Crippen molar-refractivity contribution in [3.8, 4) is 0 Å². The maximum Gasteiger partial charge on any atom is 0.279 e. The number of nitrogens with one attached hydrogen (secondary N) is 1. The Morgan fingerprint density at radius 1 is 0.923 bits per heavy atom. The highest BCUT2D eigenvalue weighted by molar-refractivity contribution is 7.89. The highest BCUT2D eigenvalue weighted by atomic mass is 32.2. The van der Waals surface area contributed by atoms with Crippen LogP contribution < -0.4 is 10.2 Å². The zero-order valence-corrected chi connectivity index (χ0v) is 22.0. The Balaban J connectivity index is 1.81. The van der Waals surface area contributed by atoms with E-state index in [9.17, 15) is 22.4 Å². The van der Waals surface area contributed by atoms with Gasteiger partial charge in [-0.15, -0.1) is 0 Å². The monoisotopic (exact) mass is 547 g/mol. The minimum Gasteiger partial charge on any atom is -0.350 e. The summed E-state index contributed by atoms with van der Waals surface area (Å²) in [4.78, 5) is 36.8. The average molecular weight is 548 g/mol. The van der Waals surface area contributed by atoms with E-state index in [0.29, 0.717) is 5.56 Å². The second kappa shape index (κ2) is 11.9. The van der Waals surface area contributed by atoms with Gasteiger partial charge in [-0.3, -0.25) is 19.5 Å². The number of aromatic nitrogens is 2. The second-order valence-electron chi connectivity index (χ2n) is 8.70. The third kappa shape index (κ3) is 6.33. The minimum absolute atomic E-state index is 0.00927. The lowest BCUT2D eigenvalue weighted by molar-refractivity contribution is -0.122. The van der Waals surface area contributed by atoms with Crippen molar-refractivity contribution in [2.24, 2.45) is 0 Å². The molecular formula is C28H26FN5O4S. The van der Waals surface area contributed by atoms with E-state index >= 15 is 0 Å². The number of hydrogen-bond donors (Lipinski definition) is 1. The van der Waals surface area contributed by atoms with Crippen molar-refractivity contribution in [3.63, 3.8) is 0 Å². The molecule has 9 nitrogen and oxygen atoms in total. The van der Waals surface area contributed by atoms with Crippen molar-refractivity contribution in [2.75, 3.05) is 19.0 Å². The first kappa shape index (κ1) is 27.6. The fourth-order valence-corrected chi connectivity index (χ4v) is 4.75. The number of benzene rings is 3. The standard InChI is InChI=1S/C28H26FN5O4S/c1-33(2)39(37,38)24-14-12-23(13-15-24)34(28(36)25-19-30-16-17-31-25)26(21-8-10-22(29)11-9-21)27(35)32-18-20-6-4-3-5-7-20/h3-17,19,26H,18H2,1-2H3,(H,32,35). The number of carbonyl (C=O) groups excluding carboxylic acids is 2. The van der Waals surface area contributed by atoms with Gasteiger partial charge < -0.3 is 5.32 Å². The van der Waals surface area contributed by atoms with E-state index in [4.69, 9.17) is 0 Å². The zero-order chi connectivity index (χ0) is 28.0. The number of rotatable bonds is 9. The number of anilines is 1. The van der Waals surface area contributed by atoms with Crippen LogP contribution in [-0.2, 0) is 21.4 Å². The van der Waals surface area contributed by atoms with Crippen LogP contribution in [0.4, 0.5) is 10.1 Å². The molecule has 11 heteroatoms. The number of nitrogens with zero attached hydrogens (tertiary/aromatic N) is 4. The summed E-state index contributed by atoms with van der Waals surface area (Å²) in [5, 5.41) is 2.85. The molecule has 4 rings (SSSR count). The fourth-order valence-electron chi connectivity index (χ4n) is 3.85. The summed E-state index contributed by atoms with van der Waals surface area (Å²) >= 11 is 0. The normalized spacial score (nSPS) is 12.1. The Morgan fingerprint density at radius 2 is 1.59 bits per heavy atom. The Bertz CT molecular complexity index is 1530. The van der Waals surface area contributed by atoms with E-state index in [0.717, 1.165) is 9.87 Å². The molecule has 1 N–H and O–H groups in total. The van der Waals surface area contributed by atoms with E-state index in [1.165, 1.54) is 86.1 Å². The lowest BCUT2D eigenvalue weighted by atomic mass is 10.0. The van der Waals surface area contributed by atoms with Gasteiger partial charge in [0.25, 0.3) is 5.91 Å². The number of carbonyl (C=O) groups is 2. The Labute approximate surface area is 226 Å².